The van der Waals surface area contributed by atoms with Gasteiger partial charge in [0.15, 0.2) is 5.82 Å². The monoisotopic (exact) mass is 414 g/mol. The summed E-state index contributed by atoms with van der Waals surface area (Å²) in [6, 6.07) is 18.8. The fourth-order valence-corrected chi connectivity index (χ4v) is 4.23. The van der Waals surface area contributed by atoms with Gasteiger partial charge in [-0.3, -0.25) is 4.79 Å². The van der Waals surface area contributed by atoms with E-state index in [1.807, 2.05) is 23.1 Å². The molecule has 0 atom stereocenters. The van der Waals surface area contributed by atoms with E-state index in [-0.39, 0.29) is 5.91 Å². The largest absolute Gasteiger partial charge is 0.353 e. The summed E-state index contributed by atoms with van der Waals surface area (Å²) in [7, 11) is 0. The van der Waals surface area contributed by atoms with Gasteiger partial charge in [-0.25, -0.2) is 9.97 Å². The van der Waals surface area contributed by atoms with Gasteiger partial charge in [-0.15, -0.1) is 0 Å². The van der Waals surface area contributed by atoms with Crippen molar-refractivity contribution in [1.29, 1.82) is 0 Å². The molecule has 1 aromatic heterocycles. The Bertz CT molecular complexity index is 1060. The van der Waals surface area contributed by atoms with Crippen molar-refractivity contribution in [3.63, 3.8) is 0 Å². The lowest BCUT2D eigenvalue weighted by atomic mass is 10.00. The lowest BCUT2D eigenvalue weighted by Crippen LogP contribution is -2.48. The second-order valence-electron chi connectivity index (χ2n) is 8.17. The van der Waals surface area contributed by atoms with Gasteiger partial charge in [0.1, 0.15) is 5.82 Å². The molecule has 31 heavy (non-hydrogen) atoms. The number of piperazine rings is 1. The molecule has 160 valence electrons. The maximum atomic E-state index is 11.8. The maximum Gasteiger partial charge on any atom is 0.219 e. The Morgan fingerprint density at radius 1 is 0.968 bits per heavy atom. The van der Waals surface area contributed by atoms with E-state index in [0.29, 0.717) is 0 Å². The second kappa shape index (κ2) is 9.29. The van der Waals surface area contributed by atoms with Gasteiger partial charge in [-0.2, -0.15) is 0 Å². The molecule has 1 aliphatic rings. The molecule has 1 amide bonds. The van der Waals surface area contributed by atoms with E-state index in [1.165, 1.54) is 16.7 Å². The zero-order chi connectivity index (χ0) is 21.8. The summed E-state index contributed by atoms with van der Waals surface area (Å²) in [5.41, 5.74) is 5.86. The number of aromatic nitrogens is 2. The van der Waals surface area contributed by atoms with Crippen LogP contribution < -0.4 is 4.90 Å². The fraction of sp³-hybridized carbons (Fsp3) is 0.346. The maximum absolute atomic E-state index is 11.8. The van der Waals surface area contributed by atoms with Crippen molar-refractivity contribution in [1.82, 2.24) is 14.9 Å². The average Bonchev–Trinajstić information content (AvgIpc) is 2.80. The quantitative estimate of drug-likeness (QED) is 0.625. The van der Waals surface area contributed by atoms with Crippen molar-refractivity contribution in [2.75, 3.05) is 31.1 Å². The number of aryl methyl sites for hydroxylation is 2. The molecule has 2 aromatic carbocycles. The Morgan fingerprint density at radius 3 is 2.35 bits per heavy atom. The minimum atomic E-state index is 0.140. The average molecular weight is 415 g/mol. The number of hydrogen-bond acceptors (Lipinski definition) is 4. The van der Waals surface area contributed by atoms with Crippen LogP contribution in [0.4, 0.5) is 5.82 Å². The van der Waals surface area contributed by atoms with Crippen LogP contribution >= 0.6 is 0 Å². The molecule has 0 radical (unpaired) electrons. The third-order valence-electron chi connectivity index (χ3n) is 5.93. The molecular formula is C26H30N4O. The molecule has 1 fully saturated rings. The van der Waals surface area contributed by atoms with Gasteiger partial charge in [0.2, 0.25) is 5.91 Å². The van der Waals surface area contributed by atoms with Crippen molar-refractivity contribution in [2.45, 2.75) is 33.6 Å². The minimum Gasteiger partial charge on any atom is -0.353 e. The van der Waals surface area contributed by atoms with Gasteiger partial charge in [-0.05, 0) is 18.9 Å². The highest BCUT2D eigenvalue weighted by Crippen LogP contribution is 2.29. The molecule has 2 heterocycles. The molecule has 0 aliphatic carbocycles. The first-order valence-corrected chi connectivity index (χ1v) is 11.1. The number of benzene rings is 2. The lowest BCUT2D eigenvalue weighted by molar-refractivity contribution is -0.129. The predicted octanol–water partition coefficient (Wildman–Crippen LogP) is 4.27. The summed E-state index contributed by atoms with van der Waals surface area (Å²) in [6.07, 6.45) is 1.66. The summed E-state index contributed by atoms with van der Waals surface area (Å²) in [4.78, 5) is 26.1. The number of nitrogens with zero attached hydrogens (tertiary/aromatic N) is 4. The molecule has 0 bridgehead atoms. The van der Waals surface area contributed by atoms with Gasteiger partial charge < -0.3 is 9.80 Å². The van der Waals surface area contributed by atoms with Crippen LogP contribution in [0.3, 0.4) is 0 Å². The first-order valence-electron chi connectivity index (χ1n) is 11.1. The standard InChI is InChI=1S/C26H30N4O/c1-4-24-23(18-21-10-8-9-19(2)17-21)26(30-15-13-29(14-16-30)20(3)31)28-25(27-24)22-11-6-5-7-12-22/h5-12,17H,4,13-16,18H2,1-3H3. The number of anilines is 1. The van der Waals surface area contributed by atoms with E-state index < -0.39 is 0 Å². The van der Waals surface area contributed by atoms with E-state index in [2.05, 4.69) is 55.1 Å². The summed E-state index contributed by atoms with van der Waals surface area (Å²) in [5, 5.41) is 0. The summed E-state index contributed by atoms with van der Waals surface area (Å²) in [6.45, 7) is 8.96. The molecule has 1 saturated heterocycles. The van der Waals surface area contributed by atoms with E-state index >= 15 is 0 Å². The molecule has 0 spiro atoms. The van der Waals surface area contributed by atoms with Crippen LogP contribution in [-0.4, -0.2) is 47.0 Å². The molecular weight excluding hydrogens is 384 g/mol. The fourth-order valence-electron chi connectivity index (χ4n) is 4.23. The molecule has 5 nitrogen and oxygen atoms in total. The Kier molecular flexibility index (Phi) is 6.31. The highest BCUT2D eigenvalue weighted by Gasteiger charge is 2.24. The van der Waals surface area contributed by atoms with Gasteiger partial charge in [0.05, 0.1) is 0 Å². The highest BCUT2D eigenvalue weighted by molar-refractivity contribution is 5.73. The smallest absolute Gasteiger partial charge is 0.219 e. The van der Waals surface area contributed by atoms with Crippen LogP contribution in [0.5, 0.6) is 0 Å². The third-order valence-corrected chi connectivity index (χ3v) is 5.93. The zero-order valence-electron chi connectivity index (χ0n) is 18.6. The molecule has 1 aliphatic heterocycles. The molecule has 5 heteroatoms. The molecule has 4 rings (SSSR count). The van der Waals surface area contributed by atoms with Crippen LogP contribution in [0.25, 0.3) is 11.4 Å². The van der Waals surface area contributed by atoms with Crippen molar-refractivity contribution < 1.29 is 4.79 Å². The molecule has 0 unspecified atom stereocenters. The number of carbonyl (C=O) groups is 1. The number of amides is 1. The van der Waals surface area contributed by atoms with Gasteiger partial charge in [-0.1, -0.05) is 67.1 Å². The Labute approximate surface area is 184 Å². The Hall–Kier alpha value is -3.21. The first kappa shape index (κ1) is 21.0. The Morgan fingerprint density at radius 2 is 1.71 bits per heavy atom. The zero-order valence-corrected chi connectivity index (χ0v) is 18.6. The van der Waals surface area contributed by atoms with Crippen molar-refractivity contribution >= 4 is 11.7 Å². The highest BCUT2D eigenvalue weighted by atomic mass is 16.2. The van der Waals surface area contributed by atoms with Crippen LogP contribution in [0.1, 0.15) is 36.2 Å². The predicted molar refractivity (Wildman–Crippen MR) is 125 cm³/mol. The Balaban J connectivity index is 1.77. The second-order valence-corrected chi connectivity index (χ2v) is 8.17. The summed E-state index contributed by atoms with van der Waals surface area (Å²) < 4.78 is 0. The molecule has 0 N–H and O–H groups in total. The van der Waals surface area contributed by atoms with Crippen molar-refractivity contribution in [3.8, 4) is 11.4 Å². The van der Waals surface area contributed by atoms with Crippen LogP contribution in [0.15, 0.2) is 54.6 Å². The summed E-state index contributed by atoms with van der Waals surface area (Å²) in [5.74, 6) is 1.92. The third kappa shape index (κ3) is 4.76. The SMILES string of the molecule is CCc1nc(-c2ccccc2)nc(N2CCN(C(C)=O)CC2)c1Cc1cccc(C)c1. The first-order chi connectivity index (χ1) is 15.0. The van der Waals surface area contributed by atoms with Crippen LogP contribution in [0.2, 0.25) is 0 Å². The van der Waals surface area contributed by atoms with Crippen molar-refractivity contribution in [2.24, 2.45) is 0 Å². The van der Waals surface area contributed by atoms with E-state index in [1.54, 1.807) is 6.92 Å². The number of carbonyl (C=O) groups excluding carboxylic acids is 1. The van der Waals surface area contributed by atoms with Gasteiger partial charge in [0.25, 0.3) is 0 Å². The van der Waals surface area contributed by atoms with Gasteiger partial charge in [0, 0.05) is 56.3 Å². The molecule has 0 saturated carbocycles. The number of hydrogen-bond donors (Lipinski definition) is 0. The normalized spacial score (nSPS) is 14.0. The minimum absolute atomic E-state index is 0.140. The lowest BCUT2D eigenvalue weighted by Gasteiger charge is -2.36. The van der Waals surface area contributed by atoms with Gasteiger partial charge >= 0.3 is 0 Å². The van der Waals surface area contributed by atoms with E-state index in [0.717, 1.165) is 61.9 Å². The summed E-state index contributed by atoms with van der Waals surface area (Å²) >= 11 is 0. The molecule has 3 aromatic rings. The van der Waals surface area contributed by atoms with E-state index in [9.17, 15) is 4.79 Å². The van der Waals surface area contributed by atoms with Crippen LogP contribution in [-0.2, 0) is 17.6 Å². The van der Waals surface area contributed by atoms with E-state index in [4.69, 9.17) is 9.97 Å². The van der Waals surface area contributed by atoms with Crippen LogP contribution in [0, 0.1) is 6.92 Å². The topological polar surface area (TPSA) is 49.3 Å². The number of rotatable bonds is 5. The van der Waals surface area contributed by atoms with Crippen molar-refractivity contribution in [3.05, 3.63) is 77.0 Å².